The van der Waals surface area contributed by atoms with Gasteiger partial charge in [-0.15, -0.1) is 0 Å². The molecule has 0 amide bonds. The van der Waals surface area contributed by atoms with Crippen LogP contribution in [0.15, 0.2) is 54.6 Å². The van der Waals surface area contributed by atoms with E-state index in [0.29, 0.717) is 11.8 Å². The molecule has 0 fully saturated rings. The maximum absolute atomic E-state index is 4.21. The molecule has 0 radical (unpaired) electrons. The van der Waals surface area contributed by atoms with Gasteiger partial charge in [-0.3, -0.25) is 0 Å². The Balaban J connectivity index is 2.78. The highest BCUT2D eigenvalue weighted by Gasteiger charge is 2.03. The molecule has 1 unspecified atom stereocenters. The molecule has 0 spiro atoms. The summed E-state index contributed by atoms with van der Waals surface area (Å²) in [7, 11) is 0. The Kier molecular flexibility index (Phi) is 7.95. The Bertz CT molecular complexity index is 511. The van der Waals surface area contributed by atoms with E-state index in [2.05, 4.69) is 83.7 Å². The molecule has 0 N–H and O–H groups in total. The normalized spacial score (nSPS) is 13.8. The van der Waals surface area contributed by atoms with Crippen LogP contribution in [0.5, 0.6) is 0 Å². The Morgan fingerprint density at radius 2 is 1.73 bits per heavy atom. The third-order valence-electron chi connectivity index (χ3n) is 4.07. The summed E-state index contributed by atoms with van der Waals surface area (Å²) in [5.41, 5.74) is 5.18. The van der Waals surface area contributed by atoms with Crippen LogP contribution in [0.2, 0.25) is 0 Å². The molecule has 1 aromatic carbocycles. The van der Waals surface area contributed by atoms with Crippen LogP contribution in [0.3, 0.4) is 0 Å². The Labute approximate surface area is 137 Å². The molecular weight excluding hydrogens is 264 g/mol. The number of benzene rings is 1. The van der Waals surface area contributed by atoms with Crippen molar-refractivity contribution in [3.63, 3.8) is 0 Å². The minimum Gasteiger partial charge on any atom is -0.0956 e. The fourth-order valence-corrected chi connectivity index (χ4v) is 2.64. The Morgan fingerprint density at radius 1 is 1.09 bits per heavy atom. The Morgan fingerprint density at radius 3 is 2.23 bits per heavy atom. The first kappa shape index (κ1) is 18.5. The molecule has 0 aliphatic carbocycles. The molecule has 1 aromatic rings. The molecular formula is C22H32. The van der Waals surface area contributed by atoms with E-state index in [1.807, 2.05) is 0 Å². The minimum absolute atomic E-state index is 0.563. The van der Waals surface area contributed by atoms with E-state index in [1.165, 1.54) is 35.1 Å². The number of hydrogen-bond acceptors (Lipinski definition) is 0. The van der Waals surface area contributed by atoms with Gasteiger partial charge in [0.25, 0.3) is 0 Å². The molecule has 0 bridgehead atoms. The largest absolute Gasteiger partial charge is 0.0956 e. The van der Waals surface area contributed by atoms with E-state index in [-0.39, 0.29) is 0 Å². The number of allylic oxidation sites excluding steroid dienone is 5. The zero-order valence-electron chi connectivity index (χ0n) is 15.0. The molecule has 0 aliphatic heterocycles. The van der Waals surface area contributed by atoms with Gasteiger partial charge in [0.15, 0.2) is 0 Å². The van der Waals surface area contributed by atoms with Gasteiger partial charge in [-0.2, -0.15) is 0 Å². The van der Waals surface area contributed by atoms with Crippen molar-refractivity contribution in [2.24, 2.45) is 11.8 Å². The average molecular weight is 296 g/mol. The van der Waals surface area contributed by atoms with Gasteiger partial charge in [-0.05, 0) is 48.3 Å². The van der Waals surface area contributed by atoms with Gasteiger partial charge in [-0.1, -0.05) is 88.8 Å². The lowest BCUT2D eigenvalue weighted by Crippen LogP contribution is -1.95. The minimum atomic E-state index is 0.563. The summed E-state index contributed by atoms with van der Waals surface area (Å²) in [6.07, 6.45) is 10.1. The quantitative estimate of drug-likeness (QED) is 0.461. The van der Waals surface area contributed by atoms with Gasteiger partial charge in [0.05, 0.1) is 0 Å². The average Bonchev–Trinajstić information content (AvgIpc) is 2.48. The van der Waals surface area contributed by atoms with Crippen molar-refractivity contribution in [2.45, 2.75) is 53.9 Å². The van der Waals surface area contributed by atoms with Crippen molar-refractivity contribution in [1.82, 2.24) is 0 Å². The predicted molar refractivity (Wildman–Crippen MR) is 101 cm³/mol. The van der Waals surface area contributed by atoms with Crippen LogP contribution in [-0.4, -0.2) is 0 Å². The highest BCUT2D eigenvalue weighted by Crippen LogP contribution is 2.21. The molecule has 1 atom stereocenters. The topological polar surface area (TPSA) is 0 Å². The van der Waals surface area contributed by atoms with Crippen molar-refractivity contribution in [1.29, 1.82) is 0 Å². The second-order valence-electron chi connectivity index (χ2n) is 6.64. The predicted octanol–water partition coefficient (Wildman–Crippen LogP) is 6.84. The van der Waals surface area contributed by atoms with E-state index >= 15 is 0 Å². The summed E-state index contributed by atoms with van der Waals surface area (Å²) in [4.78, 5) is 0. The van der Waals surface area contributed by atoms with Crippen molar-refractivity contribution >= 4 is 5.57 Å². The van der Waals surface area contributed by atoms with Crippen LogP contribution < -0.4 is 0 Å². The smallest absolute Gasteiger partial charge is 0.0187 e. The lowest BCUT2D eigenvalue weighted by Gasteiger charge is -2.10. The van der Waals surface area contributed by atoms with Crippen LogP contribution in [0.25, 0.3) is 5.57 Å². The summed E-state index contributed by atoms with van der Waals surface area (Å²) < 4.78 is 0. The number of hydrogen-bond donors (Lipinski definition) is 0. The van der Waals surface area contributed by atoms with Crippen molar-refractivity contribution in [3.8, 4) is 0 Å². The van der Waals surface area contributed by atoms with Gasteiger partial charge in [-0.25, -0.2) is 0 Å². The zero-order chi connectivity index (χ0) is 16.5. The van der Waals surface area contributed by atoms with Crippen molar-refractivity contribution < 1.29 is 0 Å². The molecule has 0 aromatic heterocycles. The van der Waals surface area contributed by atoms with Crippen molar-refractivity contribution in [2.75, 3.05) is 0 Å². The van der Waals surface area contributed by atoms with Crippen LogP contribution >= 0.6 is 0 Å². The van der Waals surface area contributed by atoms with Gasteiger partial charge in [0.1, 0.15) is 0 Å². The summed E-state index contributed by atoms with van der Waals surface area (Å²) in [5, 5.41) is 0. The van der Waals surface area contributed by atoms with E-state index in [9.17, 15) is 0 Å². The lowest BCUT2D eigenvalue weighted by molar-refractivity contribution is 0.614. The van der Waals surface area contributed by atoms with Crippen LogP contribution in [0.4, 0.5) is 0 Å². The molecule has 0 saturated heterocycles. The molecule has 0 nitrogen and oxygen atoms in total. The summed E-state index contributed by atoms with van der Waals surface area (Å²) in [6.45, 7) is 15.3. The Hall–Kier alpha value is -1.56. The lowest BCUT2D eigenvalue weighted by atomic mass is 9.95. The van der Waals surface area contributed by atoms with Gasteiger partial charge in [0.2, 0.25) is 0 Å². The highest BCUT2D eigenvalue weighted by atomic mass is 14.1. The summed E-state index contributed by atoms with van der Waals surface area (Å²) in [6, 6.07) is 8.97. The summed E-state index contributed by atoms with van der Waals surface area (Å²) in [5.74, 6) is 1.27. The van der Waals surface area contributed by atoms with E-state index in [4.69, 9.17) is 0 Å². The zero-order valence-corrected chi connectivity index (χ0v) is 15.0. The number of rotatable bonds is 8. The first-order chi connectivity index (χ1) is 10.5. The molecule has 1 rings (SSSR count). The van der Waals surface area contributed by atoms with Crippen LogP contribution in [0, 0.1) is 11.8 Å². The van der Waals surface area contributed by atoms with Crippen molar-refractivity contribution in [3.05, 3.63) is 65.8 Å². The standard InChI is InChI=1S/C22H32/c1-7-9-18(5)19(6)10-13-21(8-2)22-14-11-20(12-15-22)16-17(3)4/h8,10-15,17-18H,6-7,9,16H2,1-5H3. The van der Waals surface area contributed by atoms with E-state index in [1.54, 1.807) is 0 Å². The maximum Gasteiger partial charge on any atom is -0.0187 e. The first-order valence-electron chi connectivity index (χ1n) is 8.60. The third kappa shape index (κ3) is 6.05. The second-order valence-corrected chi connectivity index (χ2v) is 6.64. The fraction of sp³-hybridized carbons (Fsp3) is 0.455. The van der Waals surface area contributed by atoms with Gasteiger partial charge >= 0.3 is 0 Å². The van der Waals surface area contributed by atoms with Gasteiger partial charge in [0, 0.05) is 0 Å². The van der Waals surface area contributed by atoms with E-state index < -0.39 is 0 Å². The van der Waals surface area contributed by atoms with Crippen LogP contribution in [0.1, 0.15) is 58.6 Å². The molecule has 22 heavy (non-hydrogen) atoms. The first-order valence-corrected chi connectivity index (χ1v) is 8.60. The molecule has 0 saturated carbocycles. The molecule has 0 aliphatic rings. The molecule has 0 heteroatoms. The monoisotopic (exact) mass is 296 g/mol. The van der Waals surface area contributed by atoms with Crippen LogP contribution in [-0.2, 0) is 6.42 Å². The molecule has 0 heterocycles. The second kappa shape index (κ2) is 9.46. The highest BCUT2D eigenvalue weighted by molar-refractivity contribution is 5.74. The fourth-order valence-electron chi connectivity index (χ4n) is 2.64. The third-order valence-corrected chi connectivity index (χ3v) is 4.07. The van der Waals surface area contributed by atoms with E-state index in [0.717, 1.165) is 6.42 Å². The summed E-state index contributed by atoms with van der Waals surface area (Å²) >= 11 is 0. The maximum atomic E-state index is 4.21. The SMILES string of the molecule is C=C(C=CC(=CC)c1ccc(CC(C)C)cc1)C(C)CCC. The molecule has 120 valence electrons. The van der Waals surface area contributed by atoms with Gasteiger partial charge < -0.3 is 0 Å².